The highest BCUT2D eigenvalue weighted by molar-refractivity contribution is 6.30. The Kier molecular flexibility index (Phi) is 4.27. The Morgan fingerprint density at radius 1 is 1.24 bits per heavy atom. The molecule has 3 aromatic rings. The lowest BCUT2D eigenvalue weighted by molar-refractivity contribution is 0.393. The van der Waals surface area contributed by atoms with Crippen LogP contribution in [0.1, 0.15) is 12.1 Å². The Morgan fingerprint density at radius 2 is 2.12 bits per heavy atom. The quantitative estimate of drug-likeness (QED) is 0.779. The Hall–Kier alpha value is -2.24. The number of phenolic OH excluding ortho intramolecular Hbond substituents is 1. The molecule has 0 amide bonds. The molecule has 2 aromatic heterocycles. The number of nitrogens with zero attached hydrogens (tertiary/aromatic N) is 4. The Balaban J connectivity index is 1.79. The summed E-state index contributed by atoms with van der Waals surface area (Å²) in [7, 11) is 2.15. The van der Waals surface area contributed by atoms with Crippen molar-refractivity contribution < 1.29 is 5.11 Å². The predicted molar refractivity (Wildman–Crippen MR) is 98.8 cm³/mol. The number of phenols is 1. The predicted octanol–water partition coefficient (Wildman–Crippen LogP) is 3.55. The zero-order valence-electron chi connectivity index (χ0n) is 14.0. The summed E-state index contributed by atoms with van der Waals surface area (Å²) in [5.74, 6) is 0.697. The summed E-state index contributed by atoms with van der Waals surface area (Å²) in [6, 6.07) is 6.96. The average Bonchev–Trinajstić information content (AvgIpc) is 3.01. The minimum atomic E-state index is 0.102. The molecule has 0 aliphatic carbocycles. The molecule has 6 heteroatoms. The van der Waals surface area contributed by atoms with E-state index < -0.39 is 0 Å². The van der Waals surface area contributed by atoms with E-state index in [1.165, 1.54) is 12.5 Å². The maximum atomic E-state index is 10.3. The molecule has 3 heterocycles. The van der Waals surface area contributed by atoms with Crippen LogP contribution in [0.4, 0.5) is 0 Å². The highest BCUT2D eigenvalue weighted by atomic mass is 35.5. The van der Waals surface area contributed by atoms with Gasteiger partial charge in [0.05, 0.1) is 5.69 Å². The van der Waals surface area contributed by atoms with E-state index in [0.29, 0.717) is 22.2 Å². The van der Waals surface area contributed by atoms with Crippen LogP contribution >= 0.6 is 11.6 Å². The standard InChI is InChI=1S/C19H19ClN4O/c1-24-7-5-12(11-24)8-17-16-10-21-6-4-14(16)19(23-22-17)15-3-2-13(20)9-18(15)25/h2-4,6,9-10,12,25H,5,7-8,11H2,1H3/t12-/m1/s1. The number of rotatable bonds is 3. The second-order valence-corrected chi connectivity index (χ2v) is 7.14. The number of aromatic hydroxyl groups is 1. The number of halogens is 1. The van der Waals surface area contributed by atoms with Gasteiger partial charge in [-0.15, -0.1) is 5.10 Å². The third-order valence-electron chi connectivity index (χ3n) is 4.84. The first-order valence-corrected chi connectivity index (χ1v) is 8.76. The smallest absolute Gasteiger partial charge is 0.126 e. The minimum Gasteiger partial charge on any atom is -0.507 e. The van der Waals surface area contributed by atoms with Crippen molar-refractivity contribution in [2.75, 3.05) is 20.1 Å². The number of hydrogen-bond donors (Lipinski definition) is 1. The molecule has 1 aliphatic heterocycles. The summed E-state index contributed by atoms with van der Waals surface area (Å²) in [6.07, 6.45) is 5.66. The number of aromatic nitrogens is 3. The summed E-state index contributed by atoms with van der Waals surface area (Å²) in [4.78, 5) is 6.62. The van der Waals surface area contributed by atoms with Crippen LogP contribution < -0.4 is 0 Å². The van der Waals surface area contributed by atoms with Crippen LogP contribution in [0.5, 0.6) is 5.75 Å². The molecule has 1 aliphatic rings. The zero-order chi connectivity index (χ0) is 17.4. The molecule has 0 saturated carbocycles. The third-order valence-corrected chi connectivity index (χ3v) is 5.08. The monoisotopic (exact) mass is 354 g/mol. The molecule has 0 radical (unpaired) electrons. The summed E-state index contributed by atoms with van der Waals surface area (Å²) in [5.41, 5.74) is 2.25. The molecule has 5 nitrogen and oxygen atoms in total. The van der Waals surface area contributed by atoms with E-state index in [1.54, 1.807) is 18.3 Å². The highest BCUT2D eigenvalue weighted by Crippen LogP contribution is 2.35. The topological polar surface area (TPSA) is 62.1 Å². The van der Waals surface area contributed by atoms with Gasteiger partial charge in [-0.3, -0.25) is 4.98 Å². The first-order chi connectivity index (χ1) is 12.1. The first-order valence-electron chi connectivity index (χ1n) is 8.38. The summed E-state index contributed by atoms with van der Waals surface area (Å²) >= 11 is 5.94. The van der Waals surface area contributed by atoms with E-state index in [-0.39, 0.29) is 5.75 Å². The molecule has 4 rings (SSSR count). The molecule has 1 atom stereocenters. The number of benzene rings is 1. The SMILES string of the molecule is CN1CC[C@H](Cc2nnc(-c3ccc(Cl)cc3O)c3ccncc23)C1. The Labute approximate surface area is 151 Å². The van der Waals surface area contributed by atoms with Gasteiger partial charge in [-0.1, -0.05) is 11.6 Å². The molecule has 0 spiro atoms. The van der Waals surface area contributed by atoms with Crippen LogP contribution in [0.3, 0.4) is 0 Å². The fourth-order valence-corrected chi connectivity index (χ4v) is 3.74. The molecule has 0 unspecified atom stereocenters. The molecular weight excluding hydrogens is 336 g/mol. The fraction of sp³-hybridized carbons (Fsp3) is 0.316. The number of likely N-dealkylation sites (tertiary alicyclic amines) is 1. The van der Waals surface area contributed by atoms with Crippen LogP contribution in [0, 0.1) is 5.92 Å². The van der Waals surface area contributed by atoms with Crippen molar-refractivity contribution in [1.29, 1.82) is 0 Å². The van der Waals surface area contributed by atoms with Gasteiger partial charge in [-0.05, 0) is 56.6 Å². The van der Waals surface area contributed by atoms with Crippen molar-refractivity contribution in [2.45, 2.75) is 12.8 Å². The van der Waals surface area contributed by atoms with E-state index in [2.05, 4.69) is 27.1 Å². The van der Waals surface area contributed by atoms with E-state index in [9.17, 15) is 5.11 Å². The molecule has 25 heavy (non-hydrogen) atoms. The summed E-state index contributed by atoms with van der Waals surface area (Å²) in [5, 5.41) is 21.6. The highest BCUT2D eigenvalue weighted by Gasteiger charge is 2.22. The van der Waals surface area contributed by atoms with Gasteiger partial charge in [0.15, 0.2) is 0 Å². The van der Waals surface area contributed by atoms with Gasteiger partial charge in [0.1, 0.15) is 11.4 Å². The Morgan fingerprint density at radius 3 is 2.88 bits per heavy atom. The van der Waals surface area contributed by atoms with Crippen LogP contribution in [0.2, 0.25) is 5.02 Å². The van der Waals surface area contributed by atoms with Gasteiger partial charge in [0.25, 0.3) is 0 Å². The van der Waals surface area contributed by atoms with Crippen molar-refractivity contribution in [2.24, 2.45) is 5.92 Å². The second-order valence-electron chi connectivity index (χ2n) is 6.70. The van der Waals surface area contributed by atoms with E-state index >= 15 is 0 Å². The van der Waals surface area contributed by atoms with Gasteiger partial charge in [0.2, 0.25) is 0 Å². The summed E-state index contributed by atoms with van der Waals surface area (Å²) in [6.45, 7) is 2.22. The molecule has 1 saturated heterocycles. The number of pyridine rings is 1. The van der Waals surface area contributed by atoms with Gasteiger partial charge in [-0.25, -0.2) is 0 Å². The second kappa shape index (κ2) is 6.58. The van der Waals surface area contributed by atoms with E-state index in [0.717, 1.165) is 36.0 Å². The van der Waals surface area contributed by atoms with Gasteiger partial charge in [0, 0.05) is 40.3 Å². The van der Waals surface area contributed by atoms with Crippen LogP contribution in [-0.2, 0) is 6.42 Å². The first kappa shape index (κ1) is 16.2. The Bertz CT molecular complexity index is 930. The van der Waals surface area contributed by atoms with Crippen LogP contribution in [0.25, 0.3) is 22.0 Å². The molecule has 128 valence electrons. The van der Waals surface area contributed by atoms with Crippen LogP contribution in [-0.4, -0.2) is 45.3 Å². The zero-order valence-corrected chi connectivity index (χ0v) is 14.7. The maximum Gasteiger partial charge on any atom is 0.126 e. The lowest BCUT2D eigenvalue weighted by atomic mass is 9.98. The normalized spacial score (nSPS) is 18.1. The van der Waals surface area contributed by atoms with Gasteiger partial charge < -0.3 is 10.0 Å². The van der Waals surface area contributed by atoms with Gasteiger partial charge >= 0.3 is 0 Å². The molecule has 0 bridgehead atoms. The fourth-order valence-electron chi connectivity index (χ4n) is 3.57. The van der Waals surface area contributed by atoms with Crippen molar-refractivity contribution in [3.05, 3.63) is 47.4 Å². The maximum absolute atomic E-state index is 10.3. The van der Waals surface area contributed by atoms with Gasteiger partial charge in [-0.2, -0.15) is 5.10 Å². The van der Waals surface area contributed by atoms with Crippen molar-refractivity contribution >= 4 is 22.4 Å². The van der Waals surface area contributed by atoms with E-state index in [1.807, 2.05) is 12.3 Å². The number of hydrogen-bond acceptors (Lipinski definition) is 5. The van der Waals surface area contributed by atoms with Crippen LogP contribution in [0.15, 0.2) is 36.7 Å². The van der Waals surface area contributed by atoms with Crippen molar-refractivity contribution in [3.8, 4) is 17.0 Å². The molecule has 1 aromatic carbocycles. The van der Waals surface area contributed by atoms with Crippen molar-refractivity contribution in [1.82, 2.24) is 20.1 Å². The molecule has 1 N–H and O–H groups in total. The van der Waals surface area contributed by atoms with E-state index in [4.69, 9.17) is 11.6 Å². The molecule has 1 fully saturated rings. The lowest BCUT2D eigenvalue weighted by Crippen LogP contribution is -2.15. The molecular formula is C19H19ClN4O. The lowest BCUT2D eigenvalue weighted by Gasteiger charge is -2.13. The third kappa shape index (κ3) is 3.17. The number of fused-ring (bicyclic) bond motifs is 1. The average molecular weight is 355 g/mol. The minimum absolute atomic E-state index is 0.102. The largest absolute Gasteiger partial charge is 0.507 e. The van der Waals surface area contributed by atoms with Crippen molar-refractivity contribution in [3.63, 3.8) is 0 Å². The summed E-state index contributed by atoms with van der Waals surface area (Å²) < 4.78 is 0.